The first-order valence-corrected chi connectivity index (χ1v) is 15.1. The molecule has 0 radical (unpaired) electrons. The summed E-state index contributed by atoms with van der Waals surface area (Å²) in [4.78, 5) is 59.3. The van der Waals surface area contributed by atoms with Crippen molar-refractivity contribution in [3.05, 3.63) is 35.3 Å². The molecular formula is C20H27N7O11P2. The van der Waals surface area contributed by atoms with Crippen molar-refractivity contribution in [3.63, 3.8) is 0 Å². The number of nitrogens with two attached hydrogens (primary N) is 1. The molecule has 1 aliphatic carbocycles. The van der Waals surface area contributed by atoms with Gasteiger partial charge in [0.2, 0.25) is 11.8 Å². The number of aromatic amines is 1. The highest BCUT2D eigenvalue weighted by Gasteiger charge is 2.44. The molecule has 40 heavy (non-hydrogen) atoms. The number of fused-ring (bicyclic) bond motifs is 1. The third-order valence-corrected chi connectivity index (χ3v) is 7.86. The normalized spacial score (nSPS) is 26.7. The molecule has 3 aromatic rings. The minimum atomic E-state index is -4.82. The Kier molecular flexibility index (Phi) is 8.33. The number of H-pyrrole nitrogens is 1. The van der Waals surface area contributed by atoms with E-state index in [-0.39, 0.29) is 42.2 Å². The predicted octanol–water partition coefficient (Wildman–Crippen LogP) is 0.638. The van der Waals surface area contributed by atoms with Crippen molar-refractivity contribution in [1.82, 2.24) is 29.5 Å². The maximum Gasteiger partial charge on any atom is 0.472 e. The second kappa shape index (κ2) is 11.6. The molecule has 0 spiro atoms. The Labute approximate surface area is 225 Å². The van der Waals surface area contributed by atoms with Gasteiger partial charge in [-0.05, 0) is 25.2 Å². The lowest BCUT2D eigenvalue weighted by Gasteiger charge is -2.23. The molecule has 0 amide bonds. The number of nitrogens with one attached hydrogen (secondary N) is 1. The number of ether oxygens (including phenoxy) is 2. The lowest BCUT2D eigenvalue weighted by Crippen LogP contribution is -2.23. The van der Waals surface area contributed by atoms with E-state index in [4.69, 9.17) is 34.0 Å². The van der Waals surface area contributed by atoms with Gasteiger partial charge in [0.25, 0.3) is 5.56 Å². The van der Waals surface area contributed by atoms with Gasteiger partial charge in [-0.1, -0.05) is 0 Å². The zero-order chi connectivity index (χ0) is 28.5. The summed E-state index contributed by atoms with van der Waals surface area (Å²) in [6.07, 6.45) is 4.10. The van der Waals surface area contributed by atoms with Gasteiger partial charge in [-0.25, -0.2) is 19.1 Å². The van der Waals surface area contributed by atoms with Gasteiger partial charge in [0, 0.05) is 18.8 Å². The molecule has 1 aliphatic heterocycles. The Bertz CT molecular complexity index is 1480. The average Bonchev–Trinajstić information content (AvgIpc) is 3.60. The predicted molar refractivity (Wildman–Crippen MR) is 134 cm³/mol. The van der Waals surface area contributed by atoms with Crippen LogP contribution in [0.2, 0.25) is 0 Å². The molecule has 2 aliphatic rings. The van der Waals surface area contributed by atoms with Crippen LogP contribution in [-0.4, -0.2) is 75.7 Å². The van der Waals surface area contributed by atoms with Crippen molar-refractivity contribution in [3.8, 4) is 5.88 Å². The topological polar surface area (TPSA) is 256 Å². The number of nitrogens with zero attached hydrogens (tertiary/aromatic N) is 5. The van der Waals surface area contributed by atoms with Crippen LogP contribution in [0.1, 0.15) is 31.9 Å². The van der Waals surface area contributed by atoms with Gasteiger partial charge < -0.3 is 29.9 Å². The Morgan fingerprint density at radius 1 is 1.12 bits per heavy atom. The van der Waals surface area contributed by atoms with E-state index in [1.165, 1.54) is 29.5 Å². The van der Waals surface area contributed by atoms with Crippen LogP contribution in [-0.2, 0) is 27.4 Å². The van der Waals surface area contributed by atoms with Gasteiger partial charge in [0.15, 0.2) is 17.4 Å². The number of phosphoric ester groups is 2. The number of rotatable bonds is 11. The van der Waals surface area contributed by atoms with Crippen molar-refractivity contribution < 1.29 is 46.9 Å². The minimum absolute atomic E-state index is 0.00481. The summed E-state index contributed by atoms with van der Waals surface area (Å²) in [5.74, 6) is 0.104. The summed E-state index contributed by atoms with van der Waals surface area (Å²) >= 11 is 0. The highest BCUT2D eigenvalue weighted by atomic mass is 31.2. The molecule has 0 aromatic carbocycles. The van der Waals surface area contributed by atoms with Crippen molar-refractivity contribution >= 4 is 32.8 Å². The molecule has 6 atom stereocenters. The zero-order valence-corrected chi connectivity index (χ0v) is 22.5. The molecule has 18 nitrogen and oxygen atoms in total. The van der Waals surface area contributed by atoms with E-state index in [9.17, 15) is 18.8 Å². The number of hydrogen-bond donors (Lipinski definition) is 5. The highest BCUT2D eigenvalue weighted by Crippen LogP contribution is 2.50. The highest BCUT2D eigenvalue weighted by molar-refractivity contribution is 7.47. The van der Waals surface area contributed by atoms with Crippen LogP contribution in [0.4, 0.5) is 5.95 Å². The zero-order valence-electron chi connectivity index (χ0n) is 20.8. The summed E-state index contributed by atoms with van der Waals surface area (Å²) in [5.41, 5.74) is 4.97. The monoisotopic (exact) mass is 603 g/mol. The molecular weight excluding hydrogens is 576 g/mol. The summed E-state index contributed by atoms with van der Waals surface area (Å²) < 4.78 is 52.3. The molecule has 1 saturated carbocycles. The largest absolute Gasteiger partial charge is 0.473 e. The molecule has 6 N–H and O–H groups in total. The average molecular weight is 603 g/mol. The van der Waals surface area contributed by atoms with Crippen molar-refractivity contribution in [2.45, 2.75) is 50.2 Å². The van der Waals surface area contributed by atoms with E-state index in [1.807, 2.05) is 0 Å². The first-order valence-electron chi connectivity index (χ1n) is 12.1. The molecule has 1 saturated heterocycles. The van der Waals surface area contributed by atoms with Gasteiger partial charge in [-0.3, -0.25) is 32.9 Å². The second-order valence-corrected chi connectivity index (χ2v) is 12.0. The van der Waals surface area contributed by atoms with Crippen LogP contribution in [0.25, 0.3) is 11.2 Å². The minimum Gasteiger partial charge on any atom is -0.473 e. The van der Waals surface area contributed by atoms with Crippen LogP contribution in [0.15, 0.2) is 29.7 Å². The first-order chi connectivity index (χ1) is 19.0. The van der Waals surface area contributed by atoms with E-state index < -0.39 is 46.2 Å². The molecule has 3 aromatic heterocycles. The van der Waals surface area contributed by atoms with Crippen LogP contribution in [0, 0.1) is 5.92 Å². The van der Waals surface area contributed by atoms with Crippen LogP contribution in [0.5, 0.6) is 5.88 Å². The number of hydrogen-bond acceptors (Lipinski definition) is 13. The quantitative estimate of drug-likeness (QED) is 0.188. The third-order valence-electron chi connectivity index (χ3n) is 6.36. The fraction of sp³-hybridized carbons (Fsp3) is 0.550. The Morgan fingerprint density at radius 3 is 2.70 bits per heavy atom. The molecule has 5 rings (SSSR count). The first kappa shape index (κ1) is 28.7. The summed E-state index contributed by atoms with van der Waals surface area (Å²) in [7, 11) is -9.48. The van der Waals surface area contributed by atoms with Gasteiger partial charge in [-0.15, -0.1) is 0 Å². The number of nitrogen functional groups attached to an aromatic ring is 1. The number of phosphoric acid groups is 2. The maximum atomic E-state index is 12.9. The van der Waals surface area contributed by atoms with Crippen LogP contribution < -0.4 is 16.0 Å². The molecule has 1 unspecified atom stereocenters. The number of aromatic nitrogens is 6. The number of anilines is 1. The number of imidazole rings is 1. The summed E-state index contributed by atoms with van der Waals surface area (Å²) in [5, 5.41) is 0. The van der Waals surface area contributed by atoms with Crippen LogP contribution >= 0.6 is 15.6 Å². The lowest BCUT2D eigenvalue weighted by atomic mass is 10.1. The Hall–Kier alpha value is -2.79. The van der Waals surface area contributed by atoms with E-state index in [2.05, 4.69) is 29.4 Å². The third kappa shape index (κ3) is 7.09. The fourth-order valence-corrected chi connectivity index (χ4v) is 6.03. The van der Waals surface area contributed by atoms with Crippen molar-refractivity contribution in [2.75, 3.05) is 18.9 Å². The van der Waals surface area contributed by atoms with E-state index >= 15 is 0 Å². The van der Waals surface area contributed by atoms with Gasteiger partial charge >= 0.3 is 15.6 Å². The summed E-state index contributed by atoms with van der Waals surface area (Å²) in [6, 6.07) is 0. The maximum absolute atomic E-state index is 12.9. The molecule has 218 valence electrons. The van der Waals surface area contributed by atoms with Gasteiger partial charge in [0.1, 0.15) is 12.2 Å². The standard InChI is InChI=1S/C20H27N7O11P2/c21-20-25-17-16(18(28)26-20)24-10-27(17)19-14(6-13(37-19)9-34-39(29,30)31)38-40(32,33)35-8-11-1-2-12(5-11)36-15-7-22-3-4-23-15/h3-4,7,10-14,19H,1-2,5-6,8-9H2,(H,32,33)(H2,29,30,31)(H3,21,25,26,28)/t11-,12+,13+,14-,19-/m1/s1. The lowest BCUT2D eigenvalue weighted by molar-refractivity contribution is -0.0490. The molecule has 2 fully saturated rings. The Morgan fingerprint density at radius 2 is 1.95 bits per heavy atom. The van der Waals surface area contributed by atoms with Gasteiger partial charge in [-0.2, -0.15) is 4.98 Å². The van der Waals surface area contributed by atoms with E-state index in [0.29, 0.717) is 25.1 Å². The van der Waals surface area contributed by atoms with Gasteiger partial charge in [0.05, 0.1) is 31.8 Å². The van der Waals surface area contributed by atoms with Crippen molar-refractivity contribution in [2.24, 2.45) is 5.92 Å². The Balaban J connectivity index is 1.26. The fourth-order valence-electron chi connectivity index (χ4n) is 4.68. The SMILES string of the molecule is Nc1nc2c(ncn2[C@@H]2O[C@H](COP(=O)(O)O)C[C@H]2OP(=O)(O)OC[C@@H]2CC[C@H](Oc3cnccn3)C2)c(=O)[nH]1. The van der Waals surface area contributed by atoms with Crippen molar-refractivity contribution in [1.29, 1.82) is 0 Å². The molecule has 0 bridgehead atoms. The van der Waals surface area contributed by atoms with Crippen LogP contribution in [0.3, 0.4) is 0 Å². The molecule has 4 heterocycles. The van der Waals surface area contributed by atoms with E-state index in [1.54, 1.807) is 0 Å². The van der Waals surface area contributed by atoms with E-state index in [0.717, 1.165) is 0 Å². The molecule has 20 heteroatoms. The summed E-state index contributed by atoms with van der Waals surface area (Å²) in [6.45, 7) is -0.631. The second-order valence-electron chi connectivity index (χ2n) is 9.32. The smallest absolute Gasteiger partial charge is 0.472 e.